The van der Waals surface area contributed by atoms with E-state index in [-0.39, 0.29) is 5.91 Å². The third-order valence-corrected chi connectivity index (χ3v) is 6.40. The molecular weight excluding hydrogens is 392 g/mol. The summed E-state index contributed by atoms with van der Waals surface area (Å²) in [6.45, 7) is 6.13. The van der Waals surface area contributed by atoms with E-state index < -0.39 is 16.1 Å². The number of thioether (sulfide) groups is 1. The highest BCUT2D eigenvalue weighted by molar-refractivity contribution is 7.99. The fourth-order valence-electron chi connectivity index (χ4n) is 3.12. The molecule has 0 aliphatic heterocycles. The number of aryl methyl sites for hydroxylation is 2. The third kappa shape index (κ3) is 6.27. The molecule has 0 aromatic heterocycles. The van der Waals surface area contributed by atoms with Gasteiger partial charge in [0.05, 0.1) is 11.9 Å². The van der Waals surface area contributed by atoms with E-state index >= 15 is 0 Å². The van der Waals surface area contributed by atoms with Crippen molar-refractivity contribution in [1.29, 1.82) is 0 Å². The second kappa shape index (κ2) is 9.98. The van der Waals surface area contributed by atoms with E-state index in [0.29, 0.717) is 24.4 Å². The van der Waals surface area contributed by atoms with E-state index in [1.807, 2.05) is 57.2 Å². The molecule has 2 aromatic carbocycles. The van der Waals surface area contributed by atoms with Crippen molar-refractivity contribution in [1.82, 2.24) is 5.32 Å². The van der Waals surface area contributed by atoms with E-state index in [1.165, 1.54) is 4.31 Å². The summed E-state index contributed by atoms with van der Waals surface area (Å²) in [5, 5.41) is 2.89. The molecule has 0 bridgehead atoms. The van der Waals surface area contributed by atoms with Crippen LogP contribution in [0.5, 0.6) is 0 Å². The van der Waals surface area contributed by atoms with E-state index in [9.17, 15) is 13.2 Å². The van der Waals surface area contributed by atoms with Crippen LogP contribution < -0.4 is 9.62 Å². The Morgan fingerprint density at radius 2 is 1.71 bits per heavy atom. The van der Waals surface area contributed by atoms with Crippen LogP contribution in [-0.2, 0) is 14.8 Å². The Labute approximate surface area is 172 Å². The number of carbonyl (C=O) groups excluding carboxylic acids is 1. The zero-order chi connectivity index (χ0) is 20.7. The second-order valence-electron chi connectivity index (χ2n) is 6.78. The Morgan fingerprint density at radius 1 is 1.11 bits per heavy atom. The molecule has 152 valence electrons. The lowest BCUT2D eigenvalue weighted by atomic mass is 10.1. The highest BCUT2D eigenvalue weighted by Gasteiger charge is 2.31. The van der Waals surface area contributed by atoms with Crippen LogP contribution in [0.15, 0.2) is 53.4 Å². The number of nitrogens with zero attached hydrogens (tertiary/aromatic N) is 1. The number of nitrogens with one attached hydrogen (secondary N) is 1. The highest BCUT2D eigenvalue weighted by Crippen LogP contribution is 2.25. The molecule has 2 aromatic rings. The lowest BCUT2D eigenvalue weighted by molar-refractivity contribution is -0.122. The van der Waals surface area contributed by atoms with Gasteiger partial charge >= 0.3 is 0 Å². The first-order valence-corrected chi connectivity index (χ1v) is 12.1. The molecule has 5 nitrogen and oxygen atoms in total. The Balaban J connectivity index is 2.11. The molecule has 0 saturated heterocycles. The smallest absolute Gasteiger partial charge is 0.243 e. The summed E-state index contributed by atoms with van der Waals surface area (Å²) in [6, 6.07) is 14.8. The number of sulfonamides is 1. The van der Waals surface area contributed by atoms with Crippen molar-refractivity contribution >= 4 is 33.4 Å². The van der Waals surface area contributed by atoms with Gasteiger partial charge < -0.3 is 5.32 Å². The quantitative estimate of drug-likeness (QED) is 0.496. The zero-order valence-electron chi connectivity index (χ0n) is 16.8. The standard InChI is InChI=1S/C21H28N2O3S2/c1-5-20(21(24)22-11-12-27-19-9-7-6-8-10-19)23(28(4,25)26)18-14-16(2)13-17(3)15-18/h6-10,13-15,20H,5,11-12H2,1-4H3,(H,22,24)/t20-/m1/s1. The monoisotopic (exact) mass is 420 g/mol. The maximum atomic E-state index is 12.8. The van der Waals surface area contributed by atoms with Gasteiger partial charge in [-0.3, -0.25) is 9.10 Å². The Bertz CT molecular complexity index is 879. The van der Waals surface area contributed by atoms with Gasteiger partial charge in [0.15, 0.2) is 0 Å². The number of rotatable bonds is 9. The lowest BCUT2D eigenvalue weighted by Crippen LogP contribution is -2.49. The summed E-state index contributed by atoms with van der Waals surface area (Å²) in [6.07, 6.45) is 1.53. The molecule has 0 unspecified atom stereocenters. The summed E-state index contributed by atoms with van der Waals surface area (Å²) < 4.78 is 26.3. The Morgan fingerprint density at radius 3 is 2.25 bits per heavy atom. The van der Waals surface area contributed by atoms with Gasteiger partial charge in [-0.2, -0.15) is 0 Å². The summed E-state index contributed by atoms with van der Waals surface area (Å²) in [5.41, 5.74) is 2.44. The Hall–Kier alpha value is -1.99. The Kier molecular flexibility index (Phi) is 7.95. The van der Waals surface area contributed by atoms with Crippen molar-refractivity contribution in [2.75, 3.05) is 22.9 Å². The van der Waals surface area contributed by atoms with Gasteiger partial charge in [-0.05, 0) is 55.7 Å². The van der Waals surface area contributed by atoms with Crippen LogP contribution in [0.2, 0.25) is 0 Å². The first-order chi connectivity index (χ1) is 13.2. The summed E-state index contributed by atoms with van der Waals surface area (Å²) in [7, 11) is -3.61. The molecule has 0 heterocycles. The third-order valence-electron chi connectivity index (χ3n) is 4.20. The number of carbonyl (C=O) groups is 1. The maximum absolute atomic E-state index is 12.8. The first kappa shape index (κ1) is 22.3. The van der Waals surface area contributed by atoms with Crippen molar-refractivity contribution in [2.45, 2.75) is 38.1 Å². The predicted octanol–water partition coefficient (Wildman–Crippen LogP) is 3.76. The highest BCUT2D eigenvalue weighted by atomic mass is 32.2. The number of hydrogen-bond donors (Lipinski definition) is 1. The van der Waals surface area contributed by atoms with Crippen LogP contribution in [0.3, 0.4) is 0 Å². The molecule has 1 amide bonds. The molecule has 7 heteroatoms. The fraction of sp³-hybridized carbons (Fsp3) is 0.381. The lowest BCUT2D eigenvalue weighted by Gasteiger charge is -2.30. The molecule has 1 N–H and O–H groups in total. The predicted molar refractivity (Wildman–Crippen MR) is 117 cm³/mol. The van der Waals surface area contributed by atoms with Gasteiger partial charge in [-0.25, -0.2) is 8.42 Å². The molecule has 0 fully saturated rings. The van der Waals surface area contributed by atoms with Crippen molar-refractivity contribution in [3.8, 4) is 0 Å². The average molecular weight is 421 g/mol. The van der Waals surface area contributed by atoms with Crippen LogP contribution in [-0.4, -0.2) is 38.9 Å². The zero-order valence-corrected chi connectivity index (χ0v) is 18.4. The minimum absolute atomic E-state index is 0.277. The molecule has 0 aliphatic carbocycles. The molecule has 28 heavy (non-hydrogen) atoms. The fourth-order valence-corrected chi connectivity index (χ4v) is 5.10. The summed E-state index contributed by atoms with van der Waals surface area (Å²) >= 11 is 1.65. The minimum Gasteiger partial charge on any atom is -0.353 e. The van der Waals surface area contributed by atoms with Gasteiger partial charge in [-0.15, -0.1) is 11.8 Å². The first-order valence-electron chi connectivity index (χ1n) is 9.25. The van der Waals surface area contributed by atoms with Crippen LogP contribution in [0.1, 0.15) is 24.5 Å². The molecule has 0 saturated carbocycles. The van der Waals surface area contributed by atoms with Crippen molar-refractivity contribution < 1.29 is 13.2 Å². The average Bonchev–Trinajstić information content (AvgIpc) is 2.61. The second-order valence-corrected chi connectivity index (χ2v) is 9.81. The van der Waals surface area contributed by atoms with Gasteiger partial charge in [-0.1, -0.05) is 31.2 Å². The van der Waals surface area contributed by atoms with Crippen molar-refractivity contribution in [3.63, 3.8) is 0 Å². The summed E-state index contributed by atoms with van der Waals surface area (Å²) in [5.74, 6) is 0.440. The number of amides is 1. The van der Waals surface area contributed by atoms with E-state index in [1.54, 1.807) is 23.9 Å². The maximum Gasteiger partial charge on any atom is 0.243 e. The molecule has 2 rings (SSSR count). The number of hydrogen-bond acceptors (Lipinski definition) is 4. The van der Waals surface area contributed by atoms with Crippen molar-refractivity contribution in [3.05, 3.63) is 59.7 Å². The van der Waals surface area contributed by atoms with Gasteiger partial charge in [0.2, 0.25) is 15.9 Å². The molecule has 0 spiro atoms. The minimum atomic E-state index is -3.61. The van der Waals surface area contributed by atoms with E-state index in [4.69, 9.17) is 0 Å². The normalized spacial score (nSPS) is 12.4. The number of benzene rings is 2. The van der Waals surface area contributed by atoms with Gasteiger partial charge in [0.25, 0.3) is 0 Å². The SMILES string of the molecule is CC[C@H](C(=O)NCCSc1ccccc1)N(c1cc(C)cc(C)c1)S(C)(=O)=O. The van der Waals surface area contributed by atoms with E-state index in [0.717, 1.165) is 22.3 Å². The van der Waals surface area contributed by atoms with Crippen LogP contribution in [0.4, 0.5) is 5.69 Å². The van der Waals surface area contributed by atoms with Crippen molar-refractivity contribution in [2.24, 2.45) is 0 Å². The largest absolute Gasteiger partial charge is 0.353 e. The van der Waals surface area contributed by atoms with Crippen LogP contribution in [0, 0.1) is 13.8 Å². The molecule has 1 atom stereocenters. The number of anilines is 1. The van der Waals surface area contributed by atoms with E-state index in [2.05, 4.69) is 5.32 Å². The topological polar surface area (TPSA) is 66.5 Å². The van der Waals surface area contributed by atoms with Gasteiger partial charge in [0.1, 0.15) is 6.04 Å². The molecule has 0 radical (unpaired) electrons. The van der Waals surface area contributed by atoms with Gasteiger partial charge in [0, 0.05) is 17.2 Å². The van der Waals surface area contributed by atoms with Crippen LogP contribution >= 0.6 is 11.8 Å². The summed E-state index contributed by atoms with van der Waals surface area (Å²) in [4.78, 5) is 13.9. The molecular formula is C21H28N2O3S2. The van der Waals surface area contributed by atoms with Crippen LogP contribution in [0.25, 0.3) is 0 Å². The molecule has 0 aliphatic rings.